The highest BCUT2D eigenvalue weighted by Crippen LogP contribution is 2.18. The van der Waals surface area contributed by atoms with Crippen molar-refractivity contribution in [1.29, 1.82) is 0 Å². The number of benzene rings is 1. The Bertz CT molecular complexity index is 657. The van der Waals surface area contributed by atoms with E-state index in [0.29, 0.717) is 31.0 Å². The predicted molar refractivity (Wildman–Crippen MR) is 101 cm³/mol. The fourth-order valence-electron chi connectivity index (χ4n) is 2.82. The quantitative estimate of drug-likeness (QED) is 0.555. The van der Waals surface area contributed by atoms with Crippen LogP contribution in [-0.4, -0.2) is 54.5 Å². The van der Waals surface area contributed by atoms with Gasteiger partial charge < -0.3 is 19.7 Å². The summed E-state index contributed by atoms with van der Waals surface area (Å²) in [5.41, 5.74) is 0.449. The number of carbonyl (C=O) groups excluding carboxylic acids is 3. The molecule has 0 spiro atoms. The van der Waals surface area contributed by atoms with Crippen LogP contribution < -0.4 is 10.1 Å². The Morgan fingerprint density at radius 2 is 1.96 bits per heavy atom. The van der Waals surface area contributed by atoms with E-state index in [1.165, 1.54) is 4.90 Å². The lowest BCUT2D eigenvalue weighted by molar-refractivity contribution is -0.147. The van der Waals surface area contributed by atoms with E-state index >= 15 is 0 Å². The summed E-state index contributed by atoms with van der Waals surface area (Å²) in [6, 6.07) is 5.94. The molecule has 0 bridgehead atoms. The molecule has 1 aromatic rings. The highest BCUT2D eigenvalue weighted by Gasteiger charge is 2.35. The van der Waals surface area contributed by atoms with E-state index in [2.05, 4.69) is 5.32 Å². The minimum atomic E-state index is -0.855. The van der Waals surface area contributed by atoms with E-state index in [-0.39, 0.29) is 24.3 Å². The first-order valence-electron chi connectivity index (χ1n) is 9.43. The first kappa shape index (κ1) is 20.7. The molecule has 7 heteroatoms. The number of nitrogens with one attached hydrogen (secondary N) is 1. The lowest BCUT2D eigenvalue weighted by atomic mass is 10.1. The maximum absolute atomic E-state index is 12.9. The predicted octanol–water partition coefficient (Wildman–Crippen LogP) is 2.15. The Morgan fingerprint density at radius 3 is 2.59 bits per heavy atom. The van der Waals surface area contributed by atoms with Crippen LogP contribution in [0.15, 0.2) is 24.3 Å². The van der Waals surface area contributed by atoms with Gasteiger partial charge in [-0.05, 0) is 44.5 Å². The molecular weight excluding hydrogens is 348 g/mol. The summed E-state index contributed by atoms with van der Waals surface area (Å²) in [6.07, 6.45) is 1.59. The topological polar surface area (TPSA) is 84.9 Å². The van der Waals surface area contributed by atoms with E-state index in [1.807, 2.05) is 20.8 Å². The first-order valence-corrected chi connectivity index (χ1v) is 9.43. The van der Waals surface area contributed by atoms with Crippen molar-refractivity contribution in [3.63, 3.8) is 0 Å². The molecule has 1 fully saturated rings. The normalized spacial score (nSPS) is 16.8. The molecule has 1 heterocycles. The molecule has 0 aliphatic carbocycles. The van der Waals surface area contributed by atoms with Crippen LogP contribution in [0.3, 0.4) is 0 Å². The second-order valence-electron chi connectivity index (χ2n) is 6.77. The number of rotatable bonds is 8. The molecule has 1 saturated heterocycles. The van der Waals surface area contributed by atoms with Crippen LogP contribution in [0.5, 0.6) is 5.75 Å². The Balaban J connectivity index is 2.07. The number of hydrogen-bond acceptors (Lipinski definition) is 5. The van der Waals surface area contributed by atoms with E-state index in [1.54, 1.807) is 24.3 Å². The number of piperazine rings is 1. The fourth-order valence-corrected chi connectivity index (χ4v) is 2.82. The third kappa shape index (κ3) is 5.98. The van der Waals surface area contributed by atoms with Gasteiger partial charge in [0.2, 0.25) is 5.91 Å². The fraction of sp³-hybridized carbons (Fsp3) is 0.550. The lowest BCUT2D eigenvalue weighted by Gasteiger charge is -2.34. The summed E-state index contributed by atoms with van der Waals surface area (Å²) < 4.78 is 10.7. The summed E-state index contributed by atoms with van der Waals surface area (Å²) in [4.78, 5) is 38.6. The van der Waals surface area contributed by atoms with Crippen LogP contribution in [-0.2, 0) is 14.3 Å². The van der Waals surface area contributed by atoms with Crippen molar-refractivity contribution in [3.8, 4) is 5.75 Å². The largest absolute Gasteiger partial charge is 0.491 e. The van der Waals surface area contributed by atoms with Crippen LogP contribution >= 0.6 is 0 Å². The Labute approximate surface area is 160 Å². The van der Waals surface area contributed by atoms with Gasteiger partial charge in [-0.3, -0.25) is 14.4 Å². The Kier molecular flexibility index (Phi) is 7.64. The van der Waals surface area contributed by atoms with Gasteiger partial charge in [0.05, 0.1) is 19.1 Å². The van der Waals surface area contributed by atoms with Gasteiger partial charge in [-0.25, -0.2) is 0 Å². The highest BCUT2D eigenvalue weighted by molar-refractivity contribution is 5.99. The average Bonchev–Trinajstić information content (AvgIpc) is 2.63. The van der Waals surface area contributed by atoms with Crippen molar-refractivity contribution in [2.24, 2.45) is 0 Å². The van der Waals surface area contributed by atoms with Crippen LogP contribution in [0.4, 0.5) is 0 Å². The van der Waals surface area contributed by atoms with Crippen molar-refractivity contribution < 1.29 is 23.9 Å². The molecule has 7 nitrogen and oxygen atoms in total. The van der Waals surface area contributed by atoms with Gasteiger partial charge in [-0.15, -0.1) is 0 Å². The van der Waals surface area contributed by atoms with Gasteiger partial charge in [0, 0.05) is 18.7 Å². The van der Waals surface area contributed by atoms with Gasteiger partial charge in [-0.1, -0.05) is 13.3 Å². The molecule has 1 aromatic carbocycles. The molecular formula is C20H28N2O5. The number of amides is 2. The van der Waals surface area contributed by atoms with Crippen LogP contribution in [0.25, 0.3) is 0 Å². The number of nitrogens with zero attached hydrogens (tertiary/aromatic N) is 1. The summed E-state index contributed by atoms with van der Waals surface area (Å²) in [7, 11) is 0. The summed E-state index contributed by atoms with van der Waals surface area (Å²) in [6.45, 7) is 6.89. The van der Waals surface area contributed by atoms with Gasteiger partial charge in [0.1, 0.15) is 11.8 Å². The summed E-state index contributed by atoms with van der Waals surface area (Å²) in [5.74, 6) is -0.410. The molecule has 1 unspecified atom stereocenters. The minimum Gasteiger partial charge on any atom is -0.491 e. The Morgan fingerprint density at radius 1 is 1.26 bits per heavy atom. The van der Waals surface area contributed by atoms with E-state index in [9.17, 15) is 14.4 Å². The SMILES string of the molecule is CCCCOC(=O)CC1C(=O)NCCN1C(=O)c1ccc(OC(C)C)cc1. The van der Waals surface area contributed by atoms with Crippen molar-refractivity contribution in [2.45, 2.75) is 52.2 Å². The second kappa shape index (κ2) is 9.94. The molecule has 1 atom stereocenters. The maximum Gasteiger partial charge on any atom is 0.308 e. The third-order valence-corrected chi connectivity index (χ3v) is 4.19. The molecule has 0 aromatic heterocycles. The molecule has 0 saturated carbocycles. The summed E-state index contributed by atoms with van der Waals surface area (Å²) in [5, 5.41) is 2.71. The molecule has 1 aliphatic heterocycles. The average molecular weight is 376 g/mol. The van der Waals surface area contributed by atoms with E-state index in [0.717, 1.165) is 12.8 Å². The molecule has 0 radical (unpaired) electrons. The van der Waals surface area contributed by atoms with Crippen molar-refractivity contribution in [2.75, 3.05) is 19.7 Å². The molecule has 27 heavy (non-hydrogen) atoms. The minimum absolute atomic E-state index is 0.0421. The van der Waals surface area contributed by atoms with Crippen molar-refractivity contribution in [3.05, 3.63) is 29.8 Å². The molecule has 1 N–H and O–H groups in total. The smallest absolute Gasteiger partial charge is 0.308 e. The van der Waals surface area contributed by atoms with Crippen molar-refractivity contribution >= 4 is 17.8 Å². The summed E-state index contributed by atoms with van der Waals surface area (Å²) >= 11 is 0. The number of ether oxygens (including phenoxy) is 2. The zero-order chi connectivity index (χ0) is 19.8. The number of esters is 1. The van der Waals surface area contributed by atoms with Crippen LogP contribution in [0, 0.1) is 0 Å². The zero-order valence-electron chi connectivity index (χ0n) is 16.2. The maximum atomic E-state index is 12.9. The highest BCUT2D eigenvalue weighted by atomic mass is 16.5. The molecule has 148 valence electrons. The molecule has 2 rings (SSSR count). The molecule has 1 aliphatic rings. The number of hydrogen-bond donors (Lipinski definition) is 1. The van der Waals surface area contributed by atoms with E-state index in [4.69, 9.17) is 9.47 Å². The van der Waals surface area contributed by atoms with Gasteiger partial charge >= 0.3 is 5.97 Å². The van der Waals surface area contributed by atoms with Crippen LogP contribution in [0.2, 0.25) is 0 Å². The number of carbonyl (C=O) groups is 3. The Hall–Kier alpha value is -2.57. The molecule has 2 amide bonds. The van der Waals surface area contributed by atoms with Gasteiger partial charge in [0.25, 0.3) is 5.91 Å². The van der Waals surface area contributed by atoms with E-state index < -0.39 is 12.0 Å². The van der Waals surface area contributed by atoms with Crippen LogP contribution in [0.1, 0.15) is 50.4 Å². The first-order chi connectivity index (χ1) is 12.9. The third-order valence-electron chi connectivity index (χ3n) is 4.19. The van der Waals surface area contributed by atoms with Gasteiger partial charge in [0.15, 0.2) is 0 Å². The van der Waals surface area contributed by atoms with Crippen molar-refractivity contribution in [1.82, 2.24) is 10.2 Å². The zero-order valence-corrected chi connectivity index (χ0v) is 16.2. The standard InChI is InChI=1S/C20H28N2O5/c1-4-5-12-26-18(23)13-17-19(24)21-10-11-22(17)20(25)15-6-8-16(9-7-15)27-14(2)3/h6-9,14,17H,4-5,10-13H2,1-3H3,(H,21,24). The van der Waals surface area contributed by atoms with Gasteiger partial charge in [-0.2, -0.15) is 0 Å². The lowest BCUT2D eigenvalue weighted by Crippen LogP contribution is -2.57. The second-order valence-corrected chi connectivity index (χ2v) is 6.77. The number of unbranched alkanes of at least 4 members (excludes halogenated alkanes) is 1. The monoisotopic (exact) mass is 376 g/mol.